The fourth-order valence-corrected chi connectivity index (χ4v) is 3.25. The van der Waals surface area contributed by atoms with Crippen LogP contribution in [0.1, 0.15) is 49.6 Å². The number of amides is 1. The predicted octanol–water partition coefficient (Wildman–Crippen LogP) is 4.12. The molecular weight excluding hydrogens is 326 g/mol. The fourth-order valence-electron chi connectivity index (χ4n) is 3.12. The molecule has 0 radical (unpaired) electrons. The van der Waals surface area contributed by atoms with E-state index in [0.29, 0.717) is 30.4 Å². The molecular formula is C18H22ClN3O2. The maximum Gasteiger partial charge on any atom is 0.249 e. The van der Waals surface area contributed by atoms with Crippen LogP contribution in [0.25, 0.3) is 11.4 Å². The van der Waals surface area contributed by atoms with E-state index in [2.05, 4.69) is 10.1 Å². The minimum absolute atomic E-state index is 0.118. The van der Waals surface area contributed by atoms with Crippen LogP contribution >= 0.6 is 11.6 Å². The highest BCUT2D eigenvalue weighted by molar-refractivity contribution is 6.17. The number of aromatic nitrogens is 2. The smallest absolute Gasteiger partial charge is 0.249 e. The minimum Gasteiger partial charge on any atom is -0.337 e. The lowest BCUT2D eigenvalue weighted by molar-refractivity contribution is -0.135. The molecule has 24 heavy (non-hydrogen) atoms. The van der Waals surface area contributed by atoms with Gasteiger partial charge in [-0.15, -0.1) is 11.6 Å². The first kappa shape index (κ1) is 17.0. The highest BCUT2D eigenvalue weighted by Crippen LogP contribution is 2.31. The van der Waals surface area contributed by atoms with Gasteiger partial charge in [-0.2, -0.15) is 4.98 Å². The van der Waals surface area contributed by atoms with Crippen molar-refractivity contribution in [2.75, 3.05) is 12.4 Å². The average Bonchev–Trinajstić information content (AvgIpc) is 3.09. The van der Waals surface area contributed by atoms with Crippen molar-refractivity contribution in [3.63, 3.8) is 0 Å². The number of halogens is 1. The van der Waals surface area contributed by atoms with Crippen LogP contribution in [0.2, 0.25) is 0 Å². The molecule has 3 rings (SSSR count). The van der Waals surface area contributed by atoms with Crippen molar-refractivity contribution >= 4 is 17.5 Å². The van der Waals surface area contributed by atoms with Gasteiger partial charge in [0, 0.05) is 24.4 Å². The van der Waals surface area contributed by atoms with Gasteiger partial charge in [-0.1, -0.05) is 28.9 Å². The summed E-state index contributed by atoms with van der Waals surface area (Å²) in [5.41, 5.74) is 2.08. The van der Waals surface area contributed by atoms with E-state index in [1.54, 1.807) is 0 Å². The lowest BCUT2D eigenvalue weighted by Gasteiger charge is -2.33. The highest BCUT2D eigenvalue weighted by atomic mass is 35.5. The Kier molecular flexibility index (Phi) is 5.51. The summed E-state index contributed by atoms with van der Waals surface area (Å²) in [5.74, 6) is 1.73. The molecule has 0 saturated carbocycles. The van der Waals surface area contributed by atoms with Crippen LogP contribution in [0, 0.1) is 6.92 Å². The largest absolute Gasteiger partial charge is 0.337 e. The van der Waals surface area contributed by atoms with Gasteiger partial charge in [0.1, 0.15) is 6.04 Å². The topological polar surface area (TPSA) is 59.2 Å². The zero-order valence-electron chi connectivity index (χ0n) is 13.9. The first-order chi connectivity index (χ1) is 11.7. The molecule has 1 aliphatic rings. The number of benzene rings is 1. The molecule has 1 saturated heterocycles. The van der Waals surface area contributed by atoms with Crippen LogP contribution in [0.15, 0.2) is 28.8 Å². The number of rotatable bonds is 5. The summed E-state index contributed by atoms with van der Waals surface area (Å²) in [6.07, 6.45) is 4.11. The first-order valence-corrected chi connectivity index (χ1v) is 8.98. The lowest BCUT2D eigenvalue weighted by Crippen LogP contribution is -2.38. The van der Waals surface area contributed by atoms with Gasteiger partial charge in [0.25, 0.3) is 0 Å². The summed E-state index contributed by atoms with van der Waals surface area (Å²) >= 11 is 5.71. The molecule has 1 unspecified atom stereocenters. The number of carbonyl (C=O) groups excluding carboxylic acids is 1. The maximum absolute atomic E-state index is 12.4. The van der Waals surface area contributed by atoms with Crippen LogP contribution in [-0.2, 0) is 4.79 Å². The molecule has 1 aliphatic heterocycles. The van der Waals surface area contributed by atoms with E-state index in [1.807, 2.05) is 36.1 Å². The van der Waals surface area contributed by atoms with E-state index >= 15 is 0 Å². The molecule has 5 nitrogen and oxygen atoms in total. The molecule has 0 spiro atoms. The molecule has 6 heteroatoms. The number of carbonyl (C=O) groups is 1. The van der Waals surface area contributed by atoms with Crippen LogP contribution in [0.4, 0.5) is 0 Å². The summed E-state index contributed by atoms with van der Waals surface area (Å²) in [5, 5.41) is 4.11. The first-order valence-electron chi connectivity index (χ1n) is 8.45. The molecule has 2 aromatic rings. The number of nitrogens with zero attached hydrogens (tertiary/aromatic N) is 3. The number of alkyl halides is 1. The van der Waals surface area contributed by atoms with Gasteiger partial charge >= 0.3 is 0 Å². The Morgan fingerprint density at radius 3 is 3.08 bits per heavy atom. The Labute approximate surface area is 147 Å². The normalized spacial score (nSPS) is 17.9. The van der Waals surface area contributed by atoms with Crippen molar-refractivity contribution in [1.29, 1.82) is 0 Å². The second-order valence-corrected chi connectivity index (χ2v) is 6.59. The third-order valence-corrected chi connectivity index (χ3v) is 4.62. The van der Waals surface area contributed by atoms with Gasteiger partial charge < -0.3 is 9.42 Å². The number of hydrogen-bond donors (Lipinski definition) is 0. The molecule has 0 N–H and O–H groups in total. The zero-order valence-corrected chi connectivity index (χ0v) is 14.6. The average molecular weight is 348 g/mol. The number of hydrogen-bond acceptors (Lipinski definition) is 4. The molecule has 1 atom stereocenters. The molecule has 1 fully saturated rings. The van der Waals surface area contributed by atoms with Crippen molar-refractivity contribution in [3.05, 3.63) is 35.7 Å². The summed E-state index contributed by atoms with van der Waals surface area (Å²) < 4.78 is 5.50. The zero-order chi connectivity index (χ0) is 16.9. The third kappa shape index (κ3) is 3.78. The number of likely N-dealkylation sites (tertiary alicyclic amines) is 1. The summed E-state index contributed by atoms with van der Waals surface area (Å²) in [4.78, 5) is 18.9. The molecule has 1 aromatic heterocycles. The van der Waals surface area contributed by atoms with Gasteiger partial charge in [0.15, 0.2) is 0 Å². The van der Waals surface area contributed by atoms with Gasteiger partial charge in [-0.3, -0.25) is 4.79 Å². The number of aryl methyl sites for hydroxylation is 1. The van der Waals surface area contributed by atoms with E-state index in [1.165, 1.54) is 0 Å². The summed E-state index contributed by atoms with van der Waals surface area (Å²) in [7, 11) is 0. The van der Waals surface area contributed by atoms with Crippen LogP contribution in [0.5, 0.6) is 0 Å². The van der Waals surface area contributed by atoms with E-state index in [4.69, 9.17) is 16.1 Å². The Morgan fingerprint density at radius 1 is 1.42 bits per heavy atom. The van der Waals surface area contributed by atoms with Crippen molar-refractivity contribution in [2.45, 2.75) is 45.1 Å². The Morgan fingerprint density at radius 2 is 2.29 bits per heavy atom. The molecule has 2 heterocycles. The minimum atomic E-state index is -0.118. The molecule has 1 aromatic carbocycles. The van der Waals surface area contributed by atoms with Crippen molar-refractivity contribution in [3.8, 4) is 11.4 Å². The second kappa shape index (κ2) is 7.79. The molecule has 0 bridgehead atoms. The number of piperidine rings is 1. The Hall–Kier alpha value is -1.88. The standard InChI is InChI=1S/C18H22ClN3O2/c1-13-6-4-7-14(12-13)17-20-18(24-21-17)15-8-2-3-11-22(15)16(23)9-5-10-19/h4,6-7,12,15H,2-3,5,8-11H2,1H3. The Balaban J connectivity index is 1.80. The van der Waals surface area contributed by atoms with Crippen molar-refractivity contribution < 1.29 is 9.32 Å². The van der Waals surface area contributed by atoms with Crippen LogP contribution in [0.3, 0.4) is 0 Å². The van der Waals surface area contributed by atoms with Gasteiger partial charge in [0.2, 0.25) is 17.6 Å². The van der Waals surface area contributed by atoms with E-state index in [0.717, 1.165) is 36.9 Å². The predicted molar refractivity (Wildman–Crippen MR) is 92.7 cm³/mol. The van der Waals surface area contributed by atoms with Gasteiger partial charge in [0.05, 0.1) is 0 Å². The monoisotopic (exact) mass is 347 g/mol. The van der Waals surface area contributed by atoms with Crippen LogP contribution < -0.4 is 0 Å². The van der Waals surface area contributed by atoms with E-state index in [9.17, 15) is 4.79 Å². The lowest BCUT2D eigenvalue weighted by atomic mass is 10.0. The fraction of sp³-hybridized carbons (Fsp3) is 0.500. The maximum atomic E-state index is 12.4. The van der Waals surface area contributed by atoms with Crippen LogP contribution in [-0.4, -0.2) is 33.4 Å². The van der Waals surface area contributed by atoms with Crippen molar-refractivity contribution in [1.82, 2.24) is 15.0 Å². The molecule has 1 amide bonds. The summed E-state index contributed by atoms with van der Waals surface area (Å²) in [6, 6.07) is 7.88. The highest BCUT2D eigenvalue weighted by Gasteiger charge is 2.31. The SMILES string of the molecule is Cc1cccc(-c2noc(C3CCCCN3C(=O)CCCCl)n2)c1. The Bertz CT molecular complexity index is 701. The van der Waals surface area contributed by atoms with E-state index in [-0.39, 0.29) is 11.9 Å². The van der Waals surface area contributed by atoms with E-state index < -0.39 is 0 Å². The third-order valence-electron chi connectivity index (χ3n) is 4.35. The summed E-state index contributed by atoms with van der Waals surface area (Å²) in [6.45, 7) is 2.77. The molecule has 0 aliphatic carbocycles. The quantitative estimate of drug-likeness (QED) is 0.763. The van der Waals surface area contributed by atoms with Gasteiger partial charge in [-0.05, 0) is 38.7 Å². The second-order valence-electron chi connectivity index (χ2n) is 6.22. The van der Waals surface area contributed by atoms with Gasteiger partial charge in [-0.25, -0.2) is 0 Å². The molecule has 128 valence electrons. The van der Waals surface area contributed by atoms with Crippen molar-refractivity contribution in [2.24, 2.45) is 0 Å².